The summed E-state index contributed by atoms with van der Waals surface area (Å²) in [4.78, 5) is 0. The van der Waals surface area contributed by atoms with E-state index >= 15 is 0 Å². The van der Waals surface area contributed by atoms with Gasteiger partial charge in [-0.3, -0.25) is 0 Å². The molecule has 88 valence electrons. The van der Waals surface area contributed by atoms with E-state index in [1.54, 1.807) is 12.1 Å². The number of nitrogens with one attached hydrogen (secondary N) is 1. The summed E-state index contributed by atoms with van der Waals surface area (Å²) in [5.74, 6) is -2.71. The van der Waals surface area contributed by atoms with Crippen molar-refractivity contribution >= 4 is 0 Å². The smallest absolute Gasteiger partial charge is 0.267 e. The second-order valence-electron chi connectivity index (χ2n) is 4.26. The zero-order valence-corrected chi connectivity index (χ0v) is 8.92. The number of hydrogen-bond acceptors (Lipinski definition) is 2. The second kappa shape index (κ2) is 4.37. The highest BCUT2D eigenvalue weighted by atomic mass is 19.3. The van der Waals surface area contributed by atoms with E-state index in [-0.39, 0.29) is 12.2 Å². The molecule has 4 heteroatoms. The minimum Gasteiger partial charge on any atom is -0.508 e. The van der Waals surface area contributed by atoms with Crippen LogP contribution in [0.5, 0.6) is 5.75 Å². The van der Waals surface area contributed by atoms with E-state index in [2.05, 4.69) is 5.32 Å². The molecule has 1 aliphatic heterocycles. The van der Waals surface area contributed by atoms with Crippen molar-refractivity contribution in [3.8, 4) is 5.75 Å². The lowest BCUT2D eigenvalue weighted by Gasteiger charge is -2.23. The van der Waals surface area contributed by atoms with E-state index in [0.29, 0.717) is 18.5 Å². The first-order valence-electron chi connectivity index (χ1n) is 5.47. The fourth-order valence-electron chi connectivity index (χ4n) is 2.11. The quantitative estimate of drug-likeness (QED) is 0.830. The Kier molecular flexibility index (Phi) is 3.10. The lowest BCUT2D eigenvalue weighted by atomic mass is 10.00. The standard InChI is InChI=1S/C12H15F2NO/c13-12(14,11-5-2-6-15-11)8-9-3-1-4-10(16)7-9/h1,3-4,7,11,15-16H,2,5-6,8H2. The first-order valence-corrected chi connectivity index (χ1v) is 5.47. The maximum atomic E-state index is 13.8. The molecular formula is C12H15F2NO. The van der Waals surface area contributed by atoms with Crippen LogP contribution in [0.15, 0.2) is 24.3 Å². The van der Waals surface area contributed by atoms with Crippen molar-refractivity contribution in [1.82, 2.24) is 5.32 Å². The van der Waals surface area contributed by atoms with Gasteiger partial charge in [-0.2, -0.15) is 0 Å². The summed E-state index contributed by atoms with van der Waals surface area (Å²) in [6.45, 7) is 0.667. The highest BCUT2D eigenvalue weighted by Crippen LogP contribution is 2.29. The predicted molar refractivity (Wildman–Crippen MR) is 57.8 cm³/mol. The maximum Gasteiger partial charge on any atom is 0.267 e. The fraction of sp³-hybridized carbons (Fsp3) is 0.500. The molecule has 1 aliphatic rings. The molecule has 1 unspecified atom stereocenters. The summed E-state index contributed by atoms with van der Waals surface area (Å²) in [7, 11) is 0. The summed E-state index contributed by atoms with van der Waals surface area (Å²) in [5, 5.41) is 12.0. The molecule has 2 rings (SSSR count). The van der Waals surface area contributed by atoms with Crippen molar-refractivity contribution in [2.75, 3.05) is 6.54 Å². The van der Waals surface area contributed by atoms with Crippen LogP contribution in [-0.4, -0.2) is 23.6 Å². The molecule has 0 bridgehead atoms. The van der Waals surface area contributed by atoms with Crippen LogP contribution < -0.4 is 5.32 Å². The van der Waals surface area contributed by atoms with Crippen LogP contribution in [0, 0.1) is 0 Å². The van der Waals surface area contributed by atoms with E-state index < -0.39 is 12.0 Å². The molecule has 2 N–H and O–H groups in total. The highest BCUT2D eigenvalue weighted by Gasteiger charge is 2.40. The number of phenols is 1. The largest absolute Gasteiger partial charge is 0.508 e. The van der Waals surface area contributed by atoms with E-state index in [4.69, 9.17) is 0 Å². The number of hydrogen-bond donors (Lipinski definition) is 2. The van der Waals surface area contributed by atoms with E-state index in [0.717, 1.165) is 6.42 Å². The Bertz CT molecular complexity index is 362. The number of benzene rings is 1. The van der Waals surface area contributed by atoms with Gasteiger partial charge in [-0.1, -0.05) is 12.1 Å². The van der Waals surface area contributed by atoms with Crippen LogP contribution in [0.3, 0.4) is 0 Å². The van der Waals surface area contributed by atoms with Gasteiger partial charge in [0.1, 0.15) is 5.75 Å². The van der Waals surface area contributed by atoms with Crippen molar-refractivity contribution in [3.05, 3.63) is 29.8 Å². The molecule has 1 fully saturated rings. The van der Waals surface area contributed by atoms with Gasteiger partial charge in [-0.25, -0.2) is 8.78 Å². The summed E-state index contributed by atoms with van der Waals surface area (Å²) in [6, 6.07) is 5.35. The average molecular weight is 227 g/mol. The third kappa shape index (κ3) is 2.50. The number of alkyl halides is 2. The Labute approximate surface area is 93.3 Å². The van der Waals surface area contributed by atoms with Crippen LogP contribution >= 0.6 is 0 Å². The molecule has 0 aliphatic carbocycles. The van der Waals surface area contributed by atoms with Crippen molar-refractivity contribution in [1.29, 1.82) is 0 Å². The Morgan fingerprint density at radius 1 is 1.44 bits per heavy atom. The summed E-state index contributed by atoms with van der Waals surface area (Å²) >= 11 is 0. The van der Waals surface area contributed by atoms with Gasteiger partial charge in [0.15, 0.2) is 0 Å². The van der Waals surface area contributed by atoms with Gasteiger partial charge in [-0.05, 0) is 37.1 Å². The monoisotopic (exact) mass is 227 g/mol. The molecule has 1 heterocycles. The van der Waals surface area contributed by atoms with Gasteiger partial charge < -0.3 is 10.4 Å². The molecule has 1 saturated heterocycles. The van der Waals surface area contributed by atoms with Gasteiger partial charge in [0.2, 0.25) is 0 Å². The molecule has 0 saturated carbocycles. The van der Waals surface area contributed by atoms with Crippen LogP contribution in [0.1, 0.15) is 18.4 Å². The number of phenolic OH excluding ortho intramolecular Hbond substituents is 1. The molecule has 2 nitrogen and oxygen atoms in total. The predicted octanol–water partition coefficient (Wildman–Crippen LogP) is 2.32. The third-order valence-electron chi connectivity index (χ3n) is 2.92. The zero-order chi connectivity index (χ0) is 11.6. The highest BCUT2D eigenvalue weighted by molar-refractivity contribution is 5.28. The van der Waals surface area contributed by atoms with Gasteiger partial charge in [0, 0.05) is 6.42 Å². The van der Waals surface area contributed by atoms with Crippen LogP contribution in [0.2, 0.25) is 0 Å². The normalized spacial score (nSPS) is 21.2. The first kappa shape index (κ1) is 11.3. The molecule has 1 atom stereocenters. The number of aromatic hydroxyl groups is 1. The van der Waals surface area contributed by atoms with Crippen LogP contribution in [0.4, 0.5) is 8.78 Å². The van der Waals surface area contributed by atoms with Crippen LogP contribution in [0.25, 0.3) is 0 Å². The van der Waals surface area contributed by atoms with Crippen molar-refractivity contribution in [2.24, 2.45) is 0 Å². The Balaban J connectivity index is 2.07. The third-order valence-corrected chi connectivity index (χ3v) is 2.92. The lowest BCUT2D eigenvalue weighted by molar-refractivity contribution is -0.0307. The average Bonchev–Trinajstić information content (AvgIpc) is 2.69. The molecule has 16 heavy (non-hydrogen) atoms. The van der Waals surface area contributed by atoms with E-state index in [9.17, 15) is 13.9 Å². The lowest BCUT2D eigenvalue weighted by Crippen LogP contribution is -2.42. The van der Waals surface area contributed by atoms with Crippen molar-refractivity contribution in [2.45, 2.75) is 31.2 Å². The molecule has 0 amide bonds. The fourth-order valence-corrected chi connectivity index (χ4v) is 2.11. The van der Waals surface area contributed by atoms with Crippen molar-refractivity contribution < 1.29 is 13.9 Å². The summed E-state index contributed by atoms with van der Waals surface area (Å²) in [6.07, 6.45) is 1.01. The van der Waals surface area contributed by atoms with Gasteiger partial charge in [0.05, 0.1) is 6.04 Å². The van der Waals surface area contributed by atoms with E-state index in [1.165, 1.54) is 12.1 Å². The minimum absolute atomic E-state index is 0.0349. The Morgan fingerprint density at radius 2 is 2.25 bits per heavy atom. The van der Waals surface area contributed by atoms with Crippen LogP contribution in [-0.2, 0) is 6.42 Å². The van der Waals surface area contributed by atoms with E-state index in [1.807, 2.05) is 0 Å². The first-order chi connectivity index (χ1) is 7.58. The topological polar surface area (TPSA) is 32.3 Å². The van der Waals surface area contributed by atoms with Gasteiger partial charge >= 0.3 is 0 Å². The SMILES string of the molecule is Oc1cccc(CC(F)(F)C2CCCN2)c1. The Morgan fingerprint density at radius 3 is 2.88 bits per heavy atom. The van der Waals surface area contributed by atoms with Gasteiger partial charge in [0.25, 0.3) is 5.92 Å². The molecule has 1 aromatic rings. The maximum absolute atomic E-state index is 13.8. The molecule has 0 spiro atoms. The summed E-state index contributed by atoms with van der Waals surface area (Å²) in [5.41, 5.74) is 0.471. The molecule has 0 aromatic heterocycles. The second-order valence-corrected chi connectivity index (χ2v) is 4.26. The minimum atomic E-state index is -2.75. The molecule has 1 aromatic carbocycles. The van der Waals surface area contributed by atoms with Gasteiger partial charge in [-0.15, -0.1) is 0 Å². The number of rotatable bonds is 3. The zero-order valence-electron chi connectivity index (χ0n) is 8.92. The Hall–Kier alpha value is -1.16. The summed E-state index contributed by atoms with van der Waals surface area (Å²) < 4.78 is 27.6. The molecule has 0 radical (unpaired) electrons. The van der Waals surface area contributed by atoms with Crippen molar-refractivity contribution in [3.63, 3.8) is 0 Å². The molecular weight excluding hydrogens is 212 g/mol. The number of halogens is 2.